The summed E-state index contributed by atoms with van der Waals surface area (Å²) < 4.78 is 12.8. The Labute approximate surface area is 106 Å². The predicted octanol–water partition coefficient (Wildman–Crippen LogP) is 2.77. The average molecular weight is 245 g/mol. The topological polar surface area (TPSA) is 37.8 Å². The lowest BCUT2D eigenvalue weighted by Gasteiger charge is -2.14. The second kappa shape index (κ2) is 5.69. The fourth-order valence-corrected chi connectivity index (χ4v) is 1.81. The van der Waals surface area contributed by atoms with Gasteiger partial charge in [-0.1, -0.05) is 12.1 Å². The van der Waals surface area contributed by atoms with Crippen molar-refractivity contribution in [3.63, 3.8) is 0 Å². The van der Waals surface area contributed by atoms with Crippen LogP contribution in [0.2, 0.25) is 0 Å². The van der Waals surface area contributed by atoms with Crippen LogP contribution in [0.4, 0.5) is 4.39 Å². The van der Waals surface area contributed by atoms with Gasteiger partial charge in [0.15, 0.2) is 0 Å². The van der Waals surface area contributed by atoms with Crippen LogP contribution in [0.5, 0.6) is 0 Å². The number of benzene rings is 1. The van der Waals surface area contributed by atoms with Crippen molar-refractivity contribution in [2.45, 2.75) is 26.4 Å². The summed E-state index contributed by atoms with van der Waals surface area (Å²) in [5.41, 5.74) is 2.92. The van der Waals surface area contributed by atoms with Crippen molar-refractivity contribution in [1.29, 1.82) is 0 Å². The first-order chi connectivity index (χ1) is 8.66. The van der Waals surface area contributed by atoms with Crippen molar-refractivity contribution in [3.05, 3.63) is 59.4 Å². The lowest BCUT2D eigenvalue weighted by atomic mass is 10.1. The number of hydrogen-bond acceptors (Lipinski definition) is 3. The summed E-state index contributed by atoms with van der Waals surface area (Å²) in [5.74, 6) is -0.212. The molecule has 1 atom stereocenters. The second-order valence-electron chi connectivity index (χ2n) is 4.26. The molecule has 3 nitrogen and oxygen atoms in total. The molecular weight excluding hydrogens is 229 g/mol. The molecule has 18 heavy (non-hydrogen) atoms. The molecular formula is C14H16FN3. The van der Waals surface area contributed by atoms with Gasteiger partial charge in [-0.3, -0.25) is 9.97 Å². The quantitative estimate of drug-likeness (QED) is 0.900. The number of rotatable bonds is 4. The Balaban J connectivity index is 1.98. The minimum Gasteiger partial charge on any atom is -0.305 e. The van der Waals surface area contributed by atoms with E-state index in [1.165, 1.54) is 12.1 Å². The zero-order chi connectivity index (χ0) is 13.0. The summed E-state index contributed by atoms with van der Waals surface area (Å²) in [5, 5.41) is 3.35. The van der Waals surface area contributed by atoms with Gasteiger partial charge >= 0.3 is 0 Å². The van der Waals surface area contributed by atoms with Crippen molar-refractivity contribution in [2.24, 2.45) is 0 Å². The Morgan fingerprint density at radius 3 is 2.50 bits per heavy atom. The number of aryl methyl sites for hydroxylation is 1. The highest BCUT2D eigenvalue weighted by molar-refractivity contribution is 5.17. The van der Waals surface area contributed by atoms with Gasteiger partial charge in [-0.05, 0) is 31.5 Å². The first-order valence-electron chi connectivity index (χ1n) is 5.92. The van der Waals surface area contributed by atoms with Gasteiger partial charge in [0.05, 0.1) is 11.4 Å². The van der Waals surface area contributed by atoms with Gasteiger partial charge in [0.2, 0.25) is 0 Å². The molecule has 1 heterocycles. The molecule has 4 heteroatoms. The van der Waals surface area contributed by atoms with Crippen molar-refractivity contribution in [3.8, 4) is 0 Å². The molecule has 0 aliphatic heterocycles. The standard InChI is InChI=1S/C14H16FN3/c1-10-14(17-8-7-16-10)11(2)18-9-12-3-5-13(15)6-4-12/h3-8,11,18H,9H2,1-2H3. The molecule has 0 spiro atoms. The molecule has 0 saturated heterocycles. The normalized spacial score (nSPS) is 12.4. The van der Waals surface area contributed by atoms with Crippen LogP contribution < -0.4 is 5.32 Å². The molecule has 0 saturated carbocycles. The Morgan fingerprint density at radius 2 is 1.83 bits per heavy atom. The largest absolute Gasteiger partial charge is 0.305 e. The number of nitrogens with one attached hydrogen (secondary N) is 1. The summed E-state index contributed by atoms with van der Waals surface area (Å²) >= 11 is 0. The van der Waals surface area contributed by atoms with E-state index in [0.29, 0.717) is 6.54 Å². The molecule has 0 amide bonds. The molecule has 2 aromatic rings. The highest BCUT2D eigenvalue weighted by Gasteiger charge is 2.09. The van der Waals surface area contributed by atoms with Crippen LogP contribution in [-0.4, -0.2) is 9.97 Å². The zero-order valence-corrected chi connectivity index (χ0v) is 10.5. The highest BCUT2D eigenvalue weighted by Crippen LogP contribution is 2.12. The fourth-order valence-electron chi connectivity index (χ4n) is 1.81. The number of nitrogens with zero attached hydrogens (tertiary/aromatic N) is 2. The third kappa shape index (κ3) is 3.11. The molecule has 1 aromatic heterocycles. The molecule has 94 valence electrons. The maximum Gasteiger partial charge on any atom is 0.123 e. The molecule has 2 rings (SSSR count). The Bertz CT molecular complexity index is 511. The van der Waals surface area contributed by atoms with Gasteiger partial charge in [0.25, 0.3) is 0 Å². The van der Waals surface area contributed by atoms with E-state index in [2.05, 4.69) is 15.3 Å². The van der Waals surface area contributed by atoms with Crippen LogP contribution in [0.1, 0.15) is 29.9 Å². The molecule has 1 N–H and O–H groups in total. The van der Waals surface area contributed by atoms with Crippen LogP contribution >= 0.6 is 0 Å². The summed E-state index contributed by atoms with van der Waals surface area (Å²) in [6.45, 7) is 4.66. The zero-order valence-electron chi connectivity index (χ0n) is 10.5. The van der Waals surface area contributed by atoms with E-state index in [4.69, 9.17) is 0 Å². The maximum absolute atomic E-state index is 12.8. The van der Waals surface area contributed by atoms with Crippen LogP contribution in [-0.2, 0) is 6.54 Å². The van der Waals surface area contributed by atoms with Gasteiger partial charge in [-0.25, -0.2) is 4.39 Å². The van der Waals surface area contributed by atoms with Gasteiger partial charge in [-0.15, -0.1) is 0 Å². The summed E-state index contributed by atoms with van der Waals surface area (Å²) in [7, 11) is 0. The van der Waals surface area contributed by atoms with E-state index in [9.17, 15) is 4.39 Å². The molecule has 1 aromatic carbocycles. The Morgan fingerprint density at radius 1 is 1.17 bits per heavy atom. The molecule has 1 unspecified atom stereocenters. The first-order valence-corrected chi connectivity index (χ1v) is 5.92. The maximum atomic E-state index is 12.8. The SMILES string of the molecule is Cc1nccnc1C(C)NCc1ccc(F)cc1. The minimum absolute atomic E-state index is 0.115. The Kier molecular flexibility index (Phi) is 3.99. The van der Waals surface area contributed by atoms with E-state index < -0.39 is 0 Å². The smallest absolute Gasteiger partial charge is 0.123 e. The Hall–Kier alpha value is -1.81. The third-order valence-electron chi connectivity index (χ3n) is 2.85. The number of hydrogen-bond donors (Lipinski definition) is 1. The number of halogens is 1. The monoisotopic (exact) mass is 245 g/mol. The van der Waals surface area contributed by atoms with Crippen molar-refractivity contribution < 1.29 is 4.39 Å². The minimum atomic E-state index is -0.212. The lowest BCUT2D eigenvalue weighted by molar-refractivity contribution is 0.554. The van der Waals surface area contributed by atoms with Crippen LogP contribution in [0.3, 0.4) is 0 Å². The average Bonchev–Trinajstić information content (AvgIpc) is 2.38. The second-order valence-corrected chi connectivity index (χ2v) is 4.26. The molecule has 0 aliphatic carbocycles. The lowest BCUT2D eigenvalue weighted by Crippen LogP contribution is -2.20. The predicted molar refractivity (Wildman–Crippen MR) is 68.4 cm³/mol. The third-order valence-corrected chi connectivity index (χ3v) is 2.85. The van der Waals surface area contributed by atoms with Crippen molar-refractivity contribution in [1.82, 2.24) is 15.3 Å². The van der Waals surface area contributed by atoms with Gasteiger partial charge in [0, 0.05) is 25.0 Å². The van der Waals surface area contributed by atoms with Gasteiger partial charge < -0.3 is 5.32 Å². The van der Waals surface area contributed by atoms with Crippen LogP contribution in [0, 0.1) is 12.7 Å². The van der Waals surface area contributed by atoms with E-state index in [1.807, 2.05) is 13.8 Å². The van der Waals surface area contributed by atoms with Crippen LogP contribution in [0.15, 0.2) is 36.7 Å². The van der Waals surface area contributed by atoms with E-state index >= 15 is 0 Å². The molecule has 0 fully saturated rings. The molecule has 0 aliphatic rings. The van der Waals surface area contributed by atoms with Crippen molar-refractivity contribution >= 4 is 0 Å². The van der Waals surface area contributed by atoms with E-state index in [0.717, 1.165) is 17.0 Å². The molecule has 0 radical (unpaired) electrons. The molecule has 0 bridgehead atoms. The van der Waals surface area contributed by atoms with E-state index in [-0.39, 0.29) is 11.9 Å². The summed E-state index contributed by atoms with van der Waals surface area (Å²) in [6.07, 6.45) is 3.38. The van der Waals surface area contributed by atoms with Gasteiger partial charge in [0.1, 0.15) is 5.82 Å². The van der Waals surface area contributed by atoms with E-state index in [1.54, 1.807) is 24.5 Å². The van der Waals surface area contributed by atoms with Crippen molar-refractivity contribution in [2.75, 3.05) is 0 Å². The first kappa shape index (κ1) is 12.6. The summed E-state index contributed by atoms with van der Waals surface area (Å²) in [4.78, 5) is 8.53. The fraction of sp³-hybridized carbons (Fsp3) is 0.286. The van der Waals surface area contributed by atoms with Gasteiger partial charge in [-0.2, -0.15) is 0 Å². The summed E-state index contributed by atoms with van der Waals surface area (Å²) in [6, 6.07) is 6.60. The van der Waals surface area contributed by atoms with Crippen LogP contribution in [0.25, 0.3) is 0 Å². The number of aromatic nitrogens is 2. The highest BCUT2D eigenvalue weighted by atomic mass is 19.1.